The summed E-state index contributed by atoms with van der Waals surface area (Å²) < 4.78 is 5.88. The molecule has 3 rings (SSSR count). The third kappa shape index (κ3) is 6.49. The van der Waals surface area contributed by atoms with E-state index in [1.165, 1.54) is 5.56 Å². The molecule has 0 saturated carbocycles. The van der Waals surface area contributed by atoms with Gasteiger partial charge in [-0.3, -0.25) is 14.7 Å². The quantitative estimate of drug-likeness (QED) is 0.631. The van der Waals surface area contributed by atoms with E-state index in [0.29, 0.717) is 6.61 Å². The summed E-state index contributed by atoms with van der Waals surface area (Å²) in [7, 11) is 0. The number of carboxylic acid groups (broad SMARTS) is 1. The molecule has 2 aromatic rings. The Kier molecular flexibility index (Phi) is 7.61. The maximum Gasteiger partial charge on any atom is 0.303 e. The molecule has 7 nitrogen and oxygen atoms in total. The second-order valence-corrected chi connectivity index (χ2v) is 6.99. The van der Waals surface area contributed by atoms with Crippen molar-refractivity contribution in [1.82, 2.24) is 14.9 Å². The number of piperazine rings is 1. The van der Waals surface area contributed by atoms with Crippen LogP contribution in [0.4, 0.5) is 5.82 Å². The number of carboxylic acids is 1. The van der Waals surface area contributed by atoms with Gasteiger partial charge in [0.05, 0.1) is 6.20 Å². The van der Waals surface area contributed by atoms with Crippen molar-refractivity contribution in [3.63, 3.8) is 0 Å². The predicted molar refractivity (Wildman–Crippen MR) is 108 cm³/mol. The Morgan fingerprint density at radius 3 is 2.54 bits per heavy atom. The van der Waals surface area contributed by atoms with Crippen LogP contribution in [0.15, 0.2) is 42.9 Å². The second kappa shape index (κ2) is 10.6. The molecule has 1 aromatic heterocycles. The lowest BCUT2D eigenvalue weighted by atomic mass is 10.1. The molecule has 1 saturated heterocycles. The number of aryl methyl sites for hydroxylation is 1. The van der Waals surface area contributed by atoms with Crippen molar-refractivity contribution in [1.29, 1.82) is 0 Å². The minimum atomic E-state index is -0.723. The van der Waals surface area contributed by atoms with Crippen LogP contribution < -0.4 is 9.64 Å². The molecule has 0 unspecified atom stereocenters. The topological polar surface area (TPSA) is 78.8 Å². The number of anilines is 1. The van der Waals surface area contributed by atoms with Gasteiger partial charge in [-0.2, -0.15) is 0 Å². The fourth-order valence-corrected chi connectivity index (χ4v) is 3.31. The molecule has 7 heteroatoms. The molecule has 1 N–H and O–H groups in total. The van der Waals surface area contributed by atoms with Gasteiger partial charge in [-0.25, -0.2) is 4.98 Å². The number of ether oxygens (including phenoxy) is 1. The second-order valence-electron chi connectivity index (χ2n) is 6.99. The number of carbonyl (C=O) groups is 1. The van der Waals surface area contributed by atoms with Crippen molar-refractivity contribution in [2.75, 3.05) is 44.2 Å². The molecule has 1 aromatic carbocycles. The zero-order valence-corrected chi connectivity index (χ0v) is 16.2. The fourth-order valence-electron chi connectivity index (χ4n) is 3.31. The van der Waals surface area contributed by atoms with Gasteiger partial charge in [0.2, 0.25) is 0 Å². The Hall–Kier alpha value is -2.67. The number of hydrogen-bond donors (Lipinski definition) is 1. The van der Waals surface area contributed by atoms with Crippen molar-refractivity contribution in [3.05, 3.63) is 48.4 Å². The van der Waals surface area contributed by atoms with E-state index in [4.69, 9.17) is 9.84 Å². The molecule has 0 amide bonds. The zero-order chi connectivity index (χ0) is 19.6. The summed E-state index contributed by atoms with van der Waals surface area (Å²) in [6, 6.07) is 8.13. The van der Waals surface area contributed by atoms with Crippen molar-refractivity contribution in [2.24, 2.45) is 0 Å². The third-order valence-electron chi connectivity index (χ3n) is 4.95. The first-order chi connectivity index (χ1) is 13.7. The van der Waals surface area contributed by atoms with Crippen LogP contribution in [0.5, 0.6) is 5.75 Å². The van der Waals surface area contributed by atoms with E-state index >= 15 is 0 Å². The van der Waals surface area contributed by atoms with Crippen molar-refractivity contribution in [3.8, 4) is 5.75 Å². The molecule has 0 spiro atoms. The van der Waals surface area contributed by atoms with E-state index in [1.807, 2.05) is 18.3 Å². The molecule has 0 atom stereocenters. The van der Waals surface area contributed by atoms with Crippen LogP contribution >= 0.6 is 0 Å². The largest absolute Gasteiger partial charge is 0.492 e. The number of unbranched alkanes of at least 4 members (excludes halogenated alkanes) is 1. The summed E-state index contributed by atoms with van der Waals surface area (Å²) in [4.78, 5) is 23.7. The first kappa shape index (κ1) is 20.1. The Bertz CT molecular complexity index is 716. The van der Waals surface area contributed by atoms with Crippen LogP contribution in [-0.2, 0) is 11.2 Å². The minimum absolute atomic E-state index is 0.244. The summed E-state index contributed by atoms with van der Waals surface area (Å²) >= 11 is 0. The van der Waals surface area contributed by atoms with E-state index in [9.17, 15) is 4.79 Å². The summed E-state index contributed by atoms with van der Waals surface area (Å²) in [6.07, 6.45) is 8.01. The summed E-state index contributed by atoms with van der Waals surface area (Å²) in [5.41, 5.74) is 1.22. The average Bonchev–Trinajstić information content (AvgIpc) is 2.73. The Morgan fingerprint density at radius 1 is 1.07 bits per heavy atom. The van der Waals surface area contributed by atoms with Crippen molar-refractivity contribution < 1.29 is 14.6 Å². The van der Waals surface area contributed by atoms with Crippen LogP contribution in [0.3, 0.4) is 0 Å². The highest BCUT2D eigenvalue weighted by atomic mass is 16.5. The van der Waals surface area contributed by atoms with E-state index in [2.05, 4.69) is 31.9 Å². The lowest BCUT2D eigenvalue weighted by molar-refractivity contribution is -0.137. The molecule has 28 heavy (non-hydrogen) atoms. The molecule has 1 aliphatic rings. The van der Waals surface area contributed by atoms with Gasteiger partial charge in [0.1, 0.15) is 18.2 Å². The highest BCUT2D eigenvalue weighted by Gasteiger charge is 2.17. The van der Waals surface area contributed by atoms with E-state index < -0.39 is 5.97 Å². The predicted octanol–water partition coefficient (Wildman–Crippen LogP) is 2.48. The molecule has 1 aliphatic heterocycles. The van der Waals surface area contributed by atoms with Crippen LogP contribution in [0.1, 0.15) is 24.8 Å². The molecule has 2 heterocycles. The van der Waals surface area contributed by atoms with Gasteiger partial charge in [0, 0.05) is 51.5 Å². The van der Waals surface area contributed by atoms with Crippen LogP contribution in [0, 0.1) is 0 Å². The van der Waals surface area contributed by atoms with E-state index in [-0.39, 0.29) is 6.42 Å². The number of hydrogen-bond acceptors (Lipinski definition) is 6. The summed E-state index contributed by atoms with van der Waals surface area (Å²) in [5.74, 6) is 1.10. The van der Waals surface area contributed by atoms with Gasteiger partial charge in [-0.15, -0.1) is 0 Å². The highest BCUT2D eigenvalue weighted by molar-refractivity contribution is 5.66. The van der Waals surface area contributed by atoms with Crippen LogP contribution in [-0.4, -0.2) is 65.3 Å². The van der Waals surface area contributed by atoms with Gasteiger partial charge in [-0.05, 0) is 37.0 Å². The standard InChI is InChI=1S/C21H28N4O3/c26-21(27)4-2-1-3-18-5-7-19(8-6-18)28-16-15-24-11-13-25(14-12-24)20-17-22-9-10-23-20/h5-10,17H,1-4,11-16H2,(H,26,27). The Morgan fingerprint density at radius 2 is 1.86 bits per heavy atom. The molecule has 0 bridgehead atoms. The van der Waals surface area contributed by atoms with Gasteiger partial charge in [-0.1, -0.05) is 12.1 Å². The average molecular weight is 384 g/mol. The van der Waals surface area contributed by atoms with Gasteiger partial charge in [0.25, 0.3) is 0 Å². The Labute approximate surface area is 166 Å². The first-order valence-corrected chi connectivity index (χ1v) is 9.87. The van der Waals surface area contributed by atoms with E-state index in [0.717, 1.165) is 63.6 Å². The molecular weight excluding hydrogens is 356 g/mol. The number of benzene rings is 1. The minimum Gasteiger partial charge on any atom is -0.492 e. The van der Waals surface area contributed by atoms with Gasteiger partial charge < -0.3 is 14.7 Å². The van der Waals surface area contributed by atoms with Crippen LogP contribution in [0.25, 0.3) is 0 Å². The lowest BCUT2D eigenvalue weighted by Crippen LogP contribution is -2.47. The lowest BCUT2D eigenvalue weighted by Gasteiger charge is -2.35. The third-order valence-corrected chi connectivity index (χ3v) is 4.95. The van der Waals surface area contributed by atoms with Gasteiger partial charge in [0.15, 0.2) is 0 Å². The smallest absolute Gasteiger partial charge is 0.303 e. The number of nitrogens with zero attached hydrogens (tertiary/aromatic N) is 4. The van der Waals surface area contributed by atoms with Crippen molar-refractivity contribution >= 4 is 11.8 Å². The summed E-state index contributed by atoms with van der Waals surface area (Å²) in [5, 5.41) is 8.66. The van der Waals surface area contributed by atoms with Crippen molar-refractivity contribution in [2.45, 2.75) is 25.7 Å². The molecule has 0 aliphatic carbocycles. The molecular formula is C21H28N4O3. The molecule has 1 fully saturated rings. The first-order valence-electron chi connectivity index (χ1n) is 9.87. The number of aromatic nitrogens is 2. The molecule has 150 valence electrons. The number of rotatable bonds is 10. The summed E-state index contributed by atoms with van der Waals surface area (Å²) in [6.45, 7) is 5.48. The SMILES string of the molecule is O=C(O)CCCCc1ccc(OCCN2CCN(c3cnccn3)CC2)cc1. The maximum atomic E-state index is 10.5. The monoisotopic (exact) mass is 384 g/mol. The van der Waals surface area contributed by atoms with E-state index in [1.54, 1.807) is 12.4 Å². The van der Waals surface area contributed by atoms with Gasteiger partial charge >= 0.3 is 5.97 Å². The highest BCUT2D eigenvalue weighted by Crippen LogP contribution is 2.15. The maximum absolute atomic E-state index is 10.5. The zero-order valence-electron chi connectivity index (χ0n) is 16.2. The molecule has 0 radical (unpaired) electrons. The Balaban J connectivity index is 1.31. The number of aliphatic carboxylic acids is 1. The fraction of sp³-hybridized carbons (Fsp3) is 0.476. The van der Waals surface area contributed by atoms with Crippen LogP contribution in [0.2, 0.25) is 0 Å². The normalized spacial score (nSPS) is 14.8.